The van der Waals surface area contributed by atoms with Crippen molar-refractivity contribution in [1.82, 2.24) is 5.32 Å². The molecule has 0 radical (unpaired) electrons. The molecule has 5 atom stereocenters. The third-order valence-electron chi connectivity index (χ3n) is 5.65. The van der Waals surface area contributed by atoms with Crippen LogP contribution in [0.5, 0.6) is 0 Å². The van der Waals surface area contributed by atoms with Crippen LogP contribution in [-0.2, 0) is 0 Å². The molecule has 2 bridgehead atoms. The summed E-state index contributed by atoms with van der Waals surface area (Å²) in [5, 5.41) is 5.33. The fourth-order valence-corrected chi connectivity index (χ4v) is 5.10. The number of rotatable bonds is 5. The molecular weight excluding hydrogens is 301 g/mol. The molecule has 1 aromatic carbocycles. The maximum absolute atomic E-state index is 6.38. The van der Waals surface area contributed by atoms with Crippen molar-refractivity contribution in [3.63, 3.8) is 0 Å². The molecule has 2 saturated carbocycles. The first-order valence-electron chi connectivity index (χ1n) is 8.29. The first-order valence-corrected chi connectivity index (χ1v) is 9.05. The molecule has 3 heteroatoms. The number of nitrogens with one attached hydrogen (secondary N) is 1. The van der Waals surface area contributed by atoms with Crippen molar-refractivity contribution in [1.29, 1.82) is 0 Å². The molecule has 1 N–H and O–H groups in total. The average molecular weight is 326 g/mol. The van der Waals surface area contributed by atoms with E-state index in [4.69, 9.17) is 23.2 Å². The summed E-state index contributed by atoms with van der Waals surface area (Å²) in [6, 6.07) is 6.75. The highest BCUT2D eigenvalue weighted by Gasteiger charge is 2.42. The lowest BCUT2D eigenvalue weighted by Gasteiger charge is -2.32. The summed E-state index contributed by atoms with van der Waals surface area (Å²) in [5.41, 5.74) is 1.18. The Balaban J connectivity index is 1.69. The fraction of sp³-hybridized carbons (Fsp3) is 0.667. The van der Waals surface area contributed by atoms with Gasteiger partial charge in [-0.15, -0.1) is 0 Å². The fourth-order valence-electron chi connectivity index (χ4n) is 4.56. The lowest BCUT2D eigenvalue weighted by molar-refractivity contribution is 0.243. The van der Waals surface area contributed by atoms with E-state index in [9.17, 15) is 0 Å². The molecule has 1 nitrogen and oxygen atoms in total. The van der Waals surface area contributed by atoms with Gasteiger partial charge in [-0.05, 0) is 68.1 Å². The predicted octanol–water partition coefficient (Wildman–Crippen LogP) is 5.86. The van der Waals surface area contributed by atoms with E-state index in [0.717, 1.165) is 29.2 Å². The number of benzene rings is 1. The van der Waals surface area contributed by atoms with Crippen molar-refractivity contribution in [2.75, 3.05) is 0 Å². The third kappa shape index (κ3) is 3.25. The largest absolute Gasteiger partial charge is 0.307 e. The predicted molar refractivity (Wildman–Crippen MR) is 91.0 cm³/mol. The van der Waals surface area contributed by atoms with Gasteiger partial charge in [-0.3, -0.25) is 0 Å². The molecule has 0 amide bonds. The summed E-state index contributed by atoms with van der Waals surface area (Å²) in [7, 11) is 0. The van der Waals surface area contributed by atoms with Crippen LogP contribution in [0.25, 0.3) is 0 Å². The van der Waals surface area contributed by atoms with Gasteiger partial charge in [0.05, 0.1) is 0 Å². The van der Waals surface area contributed by atoms with Crippen molar-refractivity contribution < 1.29 is 0 Å². The highest BCUT2D eigenvalue weighted by molar-refractivity contribution is 6.35. The Morgan fingerprint density at radius 1 is 1.24 bits per heavy atom. The van der Waals surface area contributed by atoms with Crippen LogP contribution in [0.3, 0.4) is 0 Å². The smallest absolute Gasteiger partial charge is 0.0468 e. The van der Waals surface area contributed by atoms with E-state index in [2.05, 4.69) is 25.2 Å². The van der Waals surface area contributed by atoms with E-state index in [0.29, 0.717) is 17.1 Å². The van der Waals surface area contributed by atoms with Crippen LogP contribution in [0, 0.1) is 17.8 Å². The van der Waals surface area contributed by atoms with Gasteiger partial charge in [0.25, 0.3) is 0 Å². The standard InChI is InChI=1S/C18H25Cl2N/c1-3-18(15-7-6-14(19)10-17(15)20)21-11(2)16-9-12-4-5-13(16)8-12/h6-7,10-13,16,18,21H,3-5,8-9H2,1-2H3. The monoisotopic (exact) mass is 325 g/mol. The number of halogens is 2. The topological polar surface area (TPSA) is 12.0 Å². The minimum absolute atomic E-state index is 0.323. The zero-order valence-corrected chi connectivity index (χ0v) is 14.4. The van der Waals surface area contributed by atoms with Gasteiger partial charge < -0.3 is 5.32 Å². The van der Waals surface area contributed by atoms with Crippen molar-refractivity contribution in [3.05, 3.63) is 33.8 Å². The molecule has 5 unspecified atom stereocenters. The molecule has 0 aliphatic heterocycles. The van der Waals surface area contributed by atoms with Gasteiger partial charge in [0.15, 0.2) is 0 Å². The highest BCUT2D eigenvalue weighted by Crippen LogP contribution is 2.49. The number of hydrogen-bond donors (Lipinski definition) is 1. The van der Waals surface area contributed by atoms with Gasteiger partial charge in [-0.25, -0.2) is 0 Å². The molecule has 3 rings (SSSR count). The van der Waals surface area contributed by atoms with E-state index in [1.54, 1.807) is 0 Å². The van der Waals surface area contributed by atoms with Gasteiger partial charge >= 0.3 is 0 Å². The Bertz CT molecular complexity index is 502. The van der Waals surface area contributed by atoms with Gasteiger partial charge in [0.1, 0.15) is 0 Å². The maximum Gasteiger partial charge on any atom is 0.0468 e. The number of hydrogen-bond acceptors (Lipinski definition) is 1. The summed E-state index contributed by atoms with van der Waals surface area (Å²) in [6.07, 6.45) is 6.85. The quantitative estimate of drug-likeness (QED) is 0.715. The summed E-state index contributed by atoms with van der Waals surface area (Å²) in [5.74, 6) is 2.81. The molecule has 0 aromatic heterocycles. The molecule has 1 aromatic rings. The van der Waals surface area contributed by atoms with Gasteiger partial charge in [0, 0.05) is 22.1 Å². The van der Waals surface area contributed by atoms with Crippen molar-refractivity contribution in [3.8, 4) is 0 Å². The van der Waals surface area contributed by atoms with E-state index < -0.39 is 0 Å². The summed E-state index contributed by atoms with van der Waals surface area (Å²) in [4.78, 5) is 0. The Morgan fingerprint density at radius 3 is 2.62 bits per heavy atom. The van der Waals surface area contributed by atoms with E-state index in [-0.39, 0.29) is 0 Å². The van der Waals surface area contributed by atoms with Crippen LogP contribution in [0.1, 0.15) is 57.6 Å². The second-order valence-corrected chi connectivity index (χ2v) is 7.76. The van der Waals surface area contributed by atoms with Crippen LogP contribution < -0.4 is 5.32 Å². The van der Waals surface area contributed by atoms with E-state index >= 15 is 0 Å². The second-order valence-electron chi connectivity index (χ2n) is 6.92. The van der Waals surface area contributed by atoms with E-state index in [1.807, 2.05) is 12.1 Å². The molecule has 0 saturated heterocycles. The van der Waals surface area contributed by atoms with Crippen LogP contribution in [0.15, 0.2) is 18.2 Å². The molecule has 2 fully saturated rings. The maximum atomic E-state index is 6.38. The molecule has 0 heterocycles. The van der Waals surface area contributed by atoms with Crippen LogP contribution in [-0.4, -0.2) is 6.04 Å². The molecule has 116 valence electrons. The Kier molecular flexibility index (Phi) is 4.83. The normalized spacial score (nSPS) is 30.6. The van der Waals surface area contributed by atoms with Crippen molar-refractivity contribution in [2.24, 2.45) is 17.8 Å². The second kappa shape index (κ2) is 6.48. The minimum Gasteiger partial charge on any atom is -0.307 e. The Hall–Kier alpha value is -0.240. The van der Waals surface area contributed by atoms with Gasteiger partial charge in [-0.2, -0.15) is 0 Å². The third-order valence-corrected chi connectivity index (χ3v) is 6.21. The van der Waals surface area contributed by atoms with Crippen LogP contribution in [0.4, 0.5) is 0 Å². The Morgan fingerprint density at radius 2 is 2.05 bits per heavy atom. The highest BCUT2D eigenvalue weighted by atomic mass is 35.5. The molecule has 2 aliphatic carbocycles. The first kappa shape index (κ1) is 15.6. The lowest BCUT2D eigenvalue weighted by atomic mass is 9.83. The van der Waals surface area contributed by atoms with Crippen molar-refractivity contribution in [2.45, 2.75) is 58.0 Å². The molecule has 21 heavy (non-hydrogen) atoms. The zero-order valence-electron chi connectivity index (χ0n) is 12.9. The number of fused-ring (bicyclic) bond motifs is 2. The van der Waals surface area contributed by atoms with Gasteiger partial charge in [-0.1, -0.05) is 42.6 Å². The zero-order chi connectivity index (χ0) is 15.0. The Labute approximate surface area is 138 Å². The summed E-state index contributed by atoms with van der Waals surface area (Å²) < 4.78 is 0. The molecular formula is C18H25Cl2N. The SMILES string of the molecule is CCC(NC(C)C1CC2CCC1C2)c1ccc(Cl)cc1Cl. The van der Waals surface area contributed by atoms with Gasteiger partial charge in [0.2, 0.25) is 0 Å². The average Bonchev–Trinajstić information content (AvgIpc) is 3.08. The first-order chi connectivity index (χ1) is 10.1. The lowest BCUT2D eigenvalue weighted by Crippen LogP contribution is -2.38. The van der Waals surface area contributed by atoms with E-state index in [1.165, 1.54) is 31.2 Å². The molecule has 2 aliphatic rings. The molecule has 0 spiro atoms. The minimum atomic E-state index is 0.323. The summed E-state index contributed by atoms with van der Waals surface area (Å²) >= 11 is 12.4. The van der Waals surface area contributed by atoms with Crippen molar-refractivity contribution >= 4 is 23.2 Å². The summed E-state index contributed by atoms with van der Waals surface area (Å²) in [6.45, 7) is 4.58. The van der Waals surface area contributed by atoms with Crippen LogP contribution >= 0.6 is 23.2 Å². The van der Waals surface area contributed by atoms with Crippen LogP contribution in [0.2, 0.25) is 10.0 Å².